The van der Waals surface area contributed by atoms with Crippen molar-refractivity contribution in [2.45, 2.75) is 128 Å². The van der Waals surface area contributed by atoms with E-state index in [-0.39, 0.29) is 82.3 Å². The zero-order valence-electron chi connectivity index (χ0n) is 41.6. The molecule has 2 aliphatic carbocycles. The number of phenolic OH excluding ortho intramolecular Hbond substituents is 2. The van der Waals surface area contributed by atoms with Crippen LogP contribution in [0.4, 0.5) is 9.18 Å². The molecular formula is C55H61FN6O9S2. The van der Waals surface area contributed by atoms with Gasteiger partial charge < -0.3 is 39.6 Å². The van der Waals surface area contributed by atoms with E-state index in [0.29, 0.717) is 54.0 Å². The van der Waals surface area contributed by atoms with Crippen molar-refractivity contribution in [2.24, 2.45) is 0 Å². The maximum atomic E-state index is 15.5. The van der Waals surface area contributed by atoms with Gasteiger partial charge in [-0.1, -0.05) is 60.6 Å². The molecule has 4 N–H and O–H groups in total. The number of amides is 2. The molecule has 1 saturated heterocycles. The first-order valence-corrected chi connectivity index (χ1v) is 28.0. The van der Waals surface area contributed by atoms with Gasteiger partial charge >= 0.3 is 12.1 Å². The van der Waals surface area contributed by atoms with Gasteiger partial charge in [0.05, 0.1) is 45.9 Å². The molecule has 2 fully saturated rings. The van der Waals surface area contributed by atoms with Crippen LogP contribution in [0.2, 0.25) is 0 Å². The molecule has 0 bridgehead atoms. The molecule has 15 nitrogen and oxygen atoms in total. The van der Waals surface area contributed by atoms with E-state index in [2.05, 4.69) is 33.3 Å². The Balaban J connectivity index is 0.677. The topological polar surface area (TPSA) is 187 Å². The monoisotopic (exact) mass is 1030 g/mol. The number of ether oxygens (including phenoxy) is 2. The number of carbonyl (C=O) groups excluding carboxylic acids is 3. The number of hydrogen-bond donors (Lipinski definition) is 4. The molecule has 4 aliphatic heterocycles. The van der Waals surface area contributed by atoms with E-state index < -0.39 is 23.7 Å². The Morgan fingerprint density at radius 2 is 1.74 bits per heavy atom. The molecule has 0 radical (unpaired) electrons. The van der Waals surface area contributed by atoms with Gasteiger partial charge in [0.2, 0.25) is 0 Å². The lowest BCUT2D eigenvalue weighted by Gasteiger charge is -2.34. The number of carbonyl (C=O) groups is 3. The molecule has 2 aromatic heterocycles. The van der Waals surface area contributed by atoms with Crippen molar-refractivity contribution in [3.8, 4) is 22.9 Å². The number of nitrogens with zero attached hydrogens (tertiary/aromatic N) is 5. The van der Waals surface area contributed by atoms with Crippen molar-refractivity contribution in [3.05, 3.63) is 120 Å². The summed E-state index contributed by atoms with van der Waals surface area (Å²) >= 11 is 0. The molecule has 0 spiro atoms. The van der Waals surface area contributed by atoms with Gasteiger partial charge in [-0.25, -0.2) is 19.0 Å². The normalized spacial score (nSPS) is 22.3. The Hall–Kier alpha value is -5.66. The van der Waals surface area contributed by atoms with Crippen LogP contribution >= 0.6 is 21.6 Å². The first kappa shape index (κ1) is 49.5. The smallest absolute Gasteiger partial charge is 0.407 e. The molecule has 6 aliphatic rings. The Kier molecular flexibility index (Phi) is 13.3. The van der Waals surface area contributed by atoms with Crippen LogP contribution in [0, 0.1) is 12.7 Å². The third-order valence-electron chi connectivity index (χ3n) is 16.2. The van der Waals surface area contributed by atoms with E-state index in [0.717, 1.165) is 97.5 Å². The standard InChI is InChI=1S/C55H61FN6O9S2/c1-5-55(69)39-21-43-50-37(27-62(43)52(66)38(39)28-70-53(55)67)49-41(12-11-34-30(4)40(56)22-42(57-50)48(34)49)58-54(68)71-46-7-6-8-47(46)73-72-18-17-59-13-15-60(16-14-59)24-31-9-10-32-25-61(26-33(32)19-31)51(65)36-20-35(29(2)3)44(63)23-45(36)64/h9-10,19-23,29,41,46-47,63-64,69H,5-8,11-18,24-28H2,1-4H3,(H,58,68)/t41-,46+,47?,55-/m0/s1. The number of alkyl carbamates (subject to hydrolysis) is 1. The van der Waals surface area contributed by atoms with Crippen molar-refractivity contribution in [3.63, 3.8) is 0 Å². The predicted octanol–water partition coefficient (Wildman–Crippen LogP) is 8.05. The second-order valence-corrected chi connectivity index (χ2v) is 23.6. The number of phenols is 2. The van der Waals surface area contributed by atoms with Crippen molar-refractivity contribution in [2.75, 3.05) is 38.5 Å². The van der Waals surface area contributed by atoms with Crippen molar-refractivity contribution >= 4 is 50.5 Å². The molecule has 5 aromatic rings. The van der Waals surface area contributed by atoms with Crippen LogP contribution in [0.15, 0.2) is 47.3 Å². The van der Waals surface area contributed by atoms with Crippen LogP contribution in [0.5, 0.6) is 11.5 Å². The zero-order valence-corrected chi connectivity index (χ0v) is 43.2. The Morgan fingerprint density at radius 3 is 2.52 bits per heavy atom. The van der Waals surface area contributed by atoms with Crippen LogP contribution in [-0.4, -0.2) is 107 Å². The summed E-state index contributed by atoms with van der Waals surface area (Å²) < 4.78 is 28.5. The van der Waals surface area contributed by atoms with Gasteiger partial charge in [0, 0.05) is 86.8 Å². The summed E-state index contributed by atoms with van der Waals surface area (Å²) in [6, 6.07) is 11.9. The lowest BCUT2D eigenvalue weighted by molar-refractivity contribution is -0.172. The molecule has 2 amide bonds. The number of esters is 1. The number of hydrogen-bond acceptors (Lipinski definition) is 14. The summed E-state index contributed by atoms with van der Waals surface area (Å²) in [7, 11) is 3.63. The Labute approximate surface area is 430 Å². The number of piperazine rings is 1. The summed E-state index contributed by atoms with van der Waals surface area (Å²) in [6.45, 7) is 13.8. The second kappa shape index (κ2) is 19.6. The number of cyclic esters (lactones) is 1. The summed E-state index contributed by atoms with van der Waals surface area (Å²) in [5.74, 6) is -0.709. The summed E-state index contributed by atoms with van der Waals surface area (Å²) in [5, 5.41) is 36.4. The number of halogens is 1. The van der Waals surface area contributed by atoms with E-state index in [4.69, 9.17) is 14.5 Å². The van der Waals surface area contributed by atoms with Gasteiger partial charge in [-0.2, -0.15) is 0 Å². The minimum atomic E-state index is -1.99. The molecule has 4 atom stereocenters. The van der Waals surface area contributed by atoms with E-state index in [1.165, 1.54) is 17.7 Å². The van der Waals surface area contributed by atoms with Crippen LogP contribution < -0.4 is 10.9 Å². The fourth-order valence-corrected chi connectivity index (χ4v) is 14.8. The fraction of sp³-hybridized carbons (Fsp3) is 0.473. The maximum absolute atomic E-state index is 15.5. The third-order valence-corrected chi connectivity index (χ3v) is 19.1. The lowest BCUT2D eigenvalue weighted by Crippen LogP contribution is -2.46. The fourth-order valence-electron chi connectivity index (χ4n) is 12.0. The number of benzene rings is 3. The van der Waals surface area contributed by atoms with Crippen LogP contribution in [0.1, 0.15) is 131 Å². The number of rotatable bonds is 12. The Morgan fingerprint density at radius 1 is 0.959 bits per heavy atom. The maximum Gasteiger partial charge on any atom is 0.407 e. The van der Waals surface area contributed by atoms with E-state index in [1.807, 2.05) is 24.6 Å². The number of fused-ring (bicyclic) bond motifs is 6. The van der Waals surface area contributed by atoms with Crippen LogP contribution in [-0.2, 0) is 59.1 Å². The molecule has 11 rings (SSSR count). The van der Waals surface area contributed by atoms with Gasteiger partial charge in [0.25, 0.3) is 11.5 Å². The first-order chi connectivity index (χ1) is 35.1. The largest absolute Gasteiger partial charge is 0.508 e. The SMILES string of the molecule is CC[C@@]1(O)C(=O)OCc2c1cc1n(c2=O)Cc2c-1nc1cc(F)c(C)c3c1c2[C@@H](NC(=O)O[C@@H]1CCCC1SSCCN1CCN(Cc2ccc4c(c2)CN(C(=O)c2cc(C(C)C)c(O)cc2O)C4)CC1)CC3. The number of aliphatic hydroxyl groups is 1. The molecule has 6 heterocycles. The minimum Gasteiger partial charge on any atom is -0.508 e. The van der Waals surface area contributed by atoms with Gasteiger partial charge in [-0.3, -0.25) is 19.4 Å². The van der Waals surface area contributed by atoms with Gasteiger partial charge in [0.1, 0.15) is 30.0 Å². The number of nitrogens with one attached hydrogen (secondary N) is 1. The molecular weight excluding hydrogens is 972 g/mol. The average Bonchev–Trinajstić information content (AvgIpc) is 4.11. The summed E-state index contributed by atoms with van der Waals surface area (Å²) in [4.78, 5) is 66.0. The highest BCUT2D eigenvalue weighted by molar-refractivity contribution is 8.77. The summed E-state index contributed by atoms with van der Waals surface area (Å²) in [6.07, 6.45) is 2.96. The number of aromatic hydroxyl groups is 2. The van der Waals surface area contributed by atoms with Crippen molar-refractivity contribution in [1.29, 1.82) is 0 Å². The van der Waals surface area contributed by atoms with E-state index >= 15 is 4.39 Å². The molecule has 3 aromatic carbocycles. The first-order valence-electron chi connectivity index (χ1n) is 25.6. The average molecular weight is 1030 g/mol. The van der Waals surface area contributed by atoms with Gasteiger partial charge in [0.15, 0.2) is 5.60 Å². The number of aromatic nitrogens is 2. The lowest BCUT2D eigenvalue weighted by atomic mass is 9.81. The van der Waals surface area contributed by atoms with Crippen molar-refractivity contribution < 1.29 is 43.6 Å². The summed E-state index contributed by atoms with van der Waals surface area (Å²) in [5.41, 5.74) is 6.50. The molecule has 73 heavy (non-hydrogen) atoms. The highest BCUT2D eigenvalue weighted by atomic mass is 33.1. The van der Waals surface area contributed by atoms with E-state index in [9.17, 15) is 34.5 Å². The molecule has 1 unspecified atom stereocenters. The quantitative estimate of drug-likeness (QED) is 0.0524. The third kappa shape index (κ3) is 8.93. The van der Waals surface area contributed by atoms with Crippen LogP contribution in [0.3, 0.4) is 0 Å². The van der Waals surface area contributed by atoms with Crippen molar-refractivity contribution in [1.82, 2.24) is 29.6 Å². The van der Waals surface area contributed by atoms with Gasteiger partial charge in [-0.05, 0) is 102 Å². The van der Waals surface area contributed by atoms with Crippen LogP contribution in [0.25, 0.3) is 22.3 Å². The Bertz CT molecular complexity index is 3160. The highest BCUT2D eigenvalue weighted by Crippen LogP contribution is 2.47. The number of pyridine rings is 2. The number of aryl methyl sites for hydroxylation is 1. The molecule has 384 valence electrons. The zero-order chi connectivity index (χ0) is 51.0. The molecule has 1 saturated carbocycles. The van der Waals surface area contributed by atoms with E-state index in [1.54, 1.807) is 46.2 Å². The highest BCUT2D eigenvalue weighted by Gasteiger charge is 2.46. The molecule has 18 heteroatoms. The predicted molar refractivity (Wildman–Crippen MR) is 277 cm³/mol. The van der Waals surface area contributed by atoms with Gasteiger partial charge in [-0.15, -0.1) is 0 Å². The second-order valence-electron chi connectivity index (χ2n) is 20.8. The minimum absolute atomic E-state index is 0.00488.